The van der Waals surface area contributed by atoms with Gasteiger partial charge >= 0.3 is 6.01 Å². The molecule has 1 aromatic carbocycles. The van der Waals surface area contributed by atoms with Crippen molar-refractivity contribution >= 4 is 33.5 Å². The molecule has 1 amide bonds. The summed E-state index contributed by atoms with van der Waals surface area (Å²) in [5.41, 5.74) is 3.46. The SMILES string of the molecule is Cc1cc2[nH]ncc2c2c1CCCCC(=O)N(C)[C@@H]1CCCN(C1)c1nc(OC[C@@]34CCCN3C[C@H](F)C4)nc3c(F)c-2ncc13. The highest BCUT2D eigenvalue weighted by atomic mass is 19.1. The molecule has 0 saturated carbocycles. The Balaban J connectivity index is 1.30. The van der Waals surface area contributed by atoms with Crippen LogP contribution in [-0.2, 0) is 11.2 Å². The molecule has 12 heteroatoms. The molecule has 0 aliphatic carbocycles. The van der Waals surface area contributed by atoms with Gasteiger partial charge in [-0.05, 0) is 75.6 Å². The van der Waals surface area contributed by atoms with E-state index in [9.17, 15) is 9.18 Å². The van der Waals surface area contributed by atoms with Crippen molar-refractivity contribution in [2.45, 2.75) is 82.5 Å². The Morgan fingerprint density at radius 2 is 1.96 bits per heavy atom. The zero-order valence-corrected chi connectivity index (χ0v) is 26.5. The number of nitrogens with zero attached hydrogens (tertiary/aromatic N) is 7. The van der Waals surface area contributed by atoms with Crippen molar-refractivity contribution in [2.75, 3.05) is 44.7 Å². The molecule has 1 N–H and O–H groups in total. The molecule has 5 aliphatic heterocycles. The summed E-state index contributed by atoms with van der Waals surface area (Å²) in [5, 5.41) is 8.59. The van der Waals surface area contributed by atoms with E-state index in [1.807, 2.05) is 24.9 Å². The number of alkyl halides is 1. The molecule has 0 spiro atoms. The van der Waals surface area contributed by atoms with Crippen molar-refractivity contribution in [2.24, 2.45) is 0 Å². The Morgan fingerprint density at radius 3 is 2.85 bits per heavy atom. The molecule has 0 radical (unpaired) electrons. The number of fused-ring (bicyclic) bond motifs is 8. The Kier molecular flexibility index (Phi) is 7.30. The molecule has 9 rings (SSSR count). The molecule has 8 heterocycles. The van der Waals surface area contributed by atoms with Gasteiger partial charge in [0.05, 0.1) is 22.6 Å². The van der Waals surface area contributed by atoms with Crippen molar-refractivity contribution in [3.05, 3.63) is 35.4 Å². The fourth-order valence-electron chi connectivity index (χ4n) is 8.43. The van der Waals surface area contributed by atoms with Gasteiger partial charge in [-0.15, -0.1) is 0 Å². The number of carbonyl (C=O) groups excluding carboxylic acids is 1. The van der Waals surface area contributed by atoms with Gasteiger partial charge in [-0.1, -0.05) is 0 Å². The maximum absolute atomic E-state index is 17.1. The molecule has 3 saturated heterocycles. The minimum absolute atomic E-state index is 0.00359. The normalized spacial score (nSPS) is 25.6. The number of hydrogen-bond acceptors (Lipinski definition) is 8. The second kappa shape index (κ2) is 11.4. The van der Waals surface area contributed by atoms with E-state index in [4.69, 9.17) is 19.7 Å². The van der Waals surface area contributed by atoms with Gasteiger partial charge in [0.25, 0.3) is 0 Å². The standard InChI is InChI=1S/C34H40F2N8O2/c1-20-13-26-24(16-38-41-26)28-23(20)8-3-4-9-27(45)42(2)22-7-5-11-43(18-22)32-25-15-37-31(28)29(36)30(25)39-33(40-32)46-19-34-10-6-12-44(34)17-21(35)14-34/h13,15-16,21-22H,3-12,14,17-19H2,1-2H3,(H,38,41)/t21-,22-,34+/m1/s1. The van der Waals surface area contributed by atoms with E-state index in [-0.39, 0.29) is 35.8 Å². The number of amides is 1. The summed E-state index contributed by atoms with van der Waals surface area (Å²) in [6, 6.07) is 2.12. The zero-order chi connectivity index (χ0) is 31.6. The van der Waals surface area contributed by atoms with Gasteiger partial charge in [-0.25, -0.2) is 8.78 Å². The van der Waals surface area contributed by atoms with Crippen molar-refractivity contribution < 1.29 is 18.3 Å². The van der Waals surface area contributed by atoms with Crippen LogP contribution in [-0.4, -0.2) is 98.4 Å². The number of hydrogen-bond donors (Lipinski definition) is 1. The van der Waals surface area contributed by atoms with Crippen LogP contribution in [0.25, 0.3) is 33.1 Å². The van der Waals surface area contributed by atoms with Crippen molar-refractivity contribution in [3.63, 3.8) is 0 Å². The predicted molar refractivity (Wildman–Crippen MR) is 171 cm³/mol. The maximum Gasteiger partial charge on any atom is 0.319 e. The first-order valence-electron chi connectivity index (χ1n) is 16.7. The lowest BCUT2D eigenvalue weighted by Crippen LogP contribution is -2.49. The topological polar surface area (TPSA) is 103 Å². The molecule has 10 nitrogen and oxygen atoms in total. The van der Waals surface area contributed by atoms with E-state index in [2.05, 4.69) is 20.0 Å². The third kappa shape index (κ3) is 4.87. The summed E-state index contributed by atoms with van der Waals surface area (Å²) in [4.78, 5) is 33.8. The first kappa shape index (κ1) is 29.5. The highest BCUT2D eigenvalue weighted by molar-refractivity contribution is 5.99. The number of rotatable bonds is 3. The lowest BCUT2D eigenvalue weighted by molar-refractivity contribution is -0.132. The van der Waals surface area contributed by atoms with Gasteiger partial charge in [0, 0.05) is 62.7 Å². The molecule has 3 fully saturated rings. The summed E-state index contributed by atoms with van der Waals surface area (Å²) in [6.45, 7) is 4.80. The first-order valence-corrected chi connectivity index (χ1v) is 16.7. The van der Waals surface area contributed by atoms with Crippen LogP contribution in [0.15, 0.2) is 18.5 Å². The van der Waals surface area contributed by atoms with Gasteiger partial charge in [0.2, 0.25) is 5.91 Å². The number of pyridine rings is 1. The number of nitrogens with one attached hydrogen (secondary N) is 1. The Hall–Kier alpha value is -3.93. The van der Waals surface area contributed by atoms with Crippen LogP contribution < -0.4 is 9.64 Å². The quantitative estimate of drug-likeness (QED) is 0.333. The molecule has 0 unspecified atom stereocenters. The summed E-state index contributed by atoms with van der Waals surface area (Å²) in [7, 11) is 1.89. The second-order valence-corrected chi connectivity index (χ2v) is 13.7. The zero-order valence-electron chi connectivity index (χ0n) is 26.5. The average molecular weight is 631 g/mol. The number of aromatic nitrogens is 5. The van der Waals surface area contributed by atoms with Crippen molar-refractivity contribution in [1.29, 1.82) is 0 Å². The Morgan fingerprint density at radius 1 is 1.09 bits per heavy atom. The third-order valence-corrected chi connectivity index (χ3v) is 10.9. The highest BCUT2D eigenvalue weighted by Gasteiger charge is 2.49. The van der Waals surface area contributed by atoms with Gasteiger partial charge in [0.1, 0.15) is 29.8 Å². The number of halogens is 2. The summed E-state index contributed by atoms with van der Waals surface area (Å²) >= 11 is 0. The summed E-state index contributed by atoms with van der Waals surface area (Å²) < 4.78 is 37.9. The molecular weight excluding hydrogens is 590 g/mol. The molecule has 46 heavy (non-hydrogen) atoms. The van der Waals surface area contributed by atoms with Gasteiger partial charge in [-0.3, -0.25) is 19.8 Å². The van der Waals surface area contributed by atoms with Crippen LogP contribution in [0.2, 0.25) is 0 Å². The monoisotopic (exact) mass is 630 g/mol. The van der Waals surface area contributed by atoms with Crippen LogP contribution in [0.1, 0.15) is 62.5 Å². The molecule has 242 valence electrons. The lowest BCUT2D eigenvalue weighted by Gasteiger charge is -2.38. The van der Waals surface area contributed by atoms with E-state index in [0.717, 1.165) is 67.1 Å². The van der Waals surface area contributed by atoms with Gasteiger partial charge in [0.15, 0.2) is 5.82 Å². The lowest BCUT2D eigenvalue weighted by atomic mass is 9.91. The van der Waals surface area contributed by atoms with E-state index in [0.29, 0.717) is 55.7 Å². The van der Waals surface area contributed by atoms with Crippen LogP contribution >= 0.6 is 0 Å². The summed E-state index contributed by atoms with van der Waals surface area (Å²) in [5.74, 6) is 0.153. The number of piperidine rings is 1. The first-order chi connectivity index (χ1) is 22.3. The minimum atomic E-state index is -0.886. The fraction of sp³-hybridized carbons (Fsp3) is 0.559. The number of carbonyl (C=O) groups is 1. The number of likely N-dealkylation sites (N-methyl/N-ethyl adjacent to an activating group) is 1. The molecule has 3 aromatic heterocycles. The fourth-order valence-corrected chi connectivity index (χ4v) is 8.43. The number of H-pyrrole nitrogens is 1. The number of aromatic amines is 1. The van der Waals surface area contributed by atoms with Crippen LogP contribution in [0.3, 0.4) is 0 Å². The number of aryl methyl sites for hydroxylation is 1. The largest absolute Gasteiger partial charge is 0.461 e. The van der Waals surface area contributed by atoms with Crippen LogP contribution in [0, 0.1) is 12.7 Å². The molecule has 3 atom stereocenters. The second-order valence-electron chi connectivity index (χ2n) is 13.7. The van der Waals surface area contributed by atoms with Crippen molar-refractivity contribution in [3.8, 4) is 17.3 Å². The highest BCUT2D eigenvalue weighted by Crippen LogP contribution is 2.42. The van der Waals surface area contributed by atoms with Crippen LogP contribution in [0.4, 0.5) is 14.6 Å². The van der Waals surface area contributed by atoms with E-state index in [1.165, 1.54) is 0 Å². The molecule has 5 aliphatic rings. The summed E-state index contributed by atoms with van der Waals surface area (Å²) in [6.07, 6.45) is 9.17. The minimum Gasteiger partial charge on any atom is -0.461 e. The van der Waals surface area contributed by atoms with E-state index in [1.54, 1.807) is 12.4 Å². The van der Waals surface area contributed by atoms with E-state index < -0.39 is 17.5 Å². The average Bonchev–Trinajstić information content (AvgIpc) is 3.75. The van der Waals surface area contributed by atoms with Gasteiger partial charge in [-0.2, -0.15) is 15.1 Å². The number of benzene rings is 1. The molecule has 6 bridgehead atoms. The third-order valence-electron chi connectivity index (χ3n) is 10.9. The maximum atomic E-state index is 17.1. The number of anilines is 1. The molecular formula is C34H40F2N8O2. The Labute approximate surface area is 266 Å². The number of ether oxygens (including phenoxy) is 1. The predicted octanol–water partition coefficient (Wildman–Crippen LogP) is 5.12. The smallest absolute Gasteiger partial charge is 0.319 e. The Bertz CT molecular complexity index is 1830. The molecule has 4 aromatic rings. The van der Waals surface area contributed by atoms with Crippen LogP contribution in [0.5, 0.6) is 6.01 Å². The van der Waals surface area contributed by atoms with E-state index >= 15 is 4.39 Å². The van der Waals surface area contributed by atoms with Crippen molar-refractivity contribution in [1.82, 2.24) is 34.9 Å². The van der Waals surface area contributed by atoms with Gasteiger partial charge < -0.3 is 14.5 Å².